The highest BCUT2D eigenvalue weighted by molar-refractivity contribution is 9.10. The molecule has 0 saturated heterocycles. The standard InChI is InChI=1S/C14H9BrF3N3O4/c15-10-6-8(21(24)25)3-4-11(10)19-12(22)7-20-5-1-2-9(13(20)23)14(16,17)18/h1-6H,7H2,(H,19,22). The molecule has 0 aliphatic carbocycles. The second-order valence-corrected chi connectivity index (χ2v) is 5.68. The van der Waals surface area contributed by atoms with E-state index in [0.717, 1.165) is 24.4 Å². The first-order chi connectivity index (χ1) is 11.6. The number of carbonyl (C=O) groups excluding carboxylic acids is 1. The number of halogens is 4. The molecule has 1 amide bonds. The van der Waals surface area contributed by atoms with Gasteiger partial charge < -0.3 is 9.88 Å². The monoisotopic (exact) mass is 419 g/mol. The van der Waals surface area contributed by atoms with Crippen LogP contribution < -0.4 is 10.9 Å². The summed E-state index contributed by atoms with van der Waals surface area (Å²) in [6.07, 6.45) is -3.76. The average Bonchev–Trinajstić information content (AvgIpc) is 2.50. The molecular weight excluding hydrogens is 411 g/mol. The summed E-state index contributed by atoms with van der Waals surface area (Å²) in [5.74, 6) is -0.768. The number of non-ortho nitro benzene ring substituents is 1. The highest BCUT2D eigenvalue weighted by atomic mass is 79.9. The molecule has 7 nitrogen and oxygen atoms in total. The van der Waals surface area contributed by atoms with Crippen LogP contribution in [0.5, 0.6) is 0 Å². The molecule has 1 aromatic heterocycles. The summed E-state index contributed by atoms with van der Waals surface area (Å²) in [6.45, 7) is -0.647. The molecule has 0 unspecified atom stereocenters. The third-order valence-corrected chi connectivity index (χ3v) is 3.73. The summed E-state index contributed by atoms with van der Waals surface area (Å²) in [5.41, 5.74) is -2.75. The summed E-state index contributed by atoms with van der Waals surface area (Å²) in [5, 5.41) is 13.0. The molecule has 0 saturated carbocycles. The number of aromatic nitrogens is 1. The summed E-state index contributed by atoms with van der Waals surface area (Å²) in [7, 11) is 0. The summed E-state index contributed by atoms with van der Waals surface area (Å²) < 4.78 is 38.9. The highest BCUT2D eigenvalue weighted by Crippen LogP contribution is 2.27. The molecular formula is C14H9BrF3N3O4. The molecule has 132 valence electrons. The van der Waals surface area contributed by atoms with Gasteiger partial charge in [0.25, 0.3) is 11.2 Å². The summed E-state index contributed by atoms with van der Waals surface area (Å²) in [6, 6.07) is 5.21. The van der Waals surface area contributed by atoms with Crippen molar-refractivity contribution in [1.82, 2.24) is 4.57 Å². The predicted octanol–water partition coefficient (Wildman–Crippen LogP) is 3.18. The fourth-order valence-electron chi connectivity index (χ4n) is 1.94. The first kappa shape index (κ1) is 18.6. The molecule has 1 N–H and O–H groups in total. The molecule has 0 spiro atoms. The Kier molecular flexibility index (Phi) is 5.26. The quantitative estimate of drug-likeness (QED) is 0.608. The van der Waals surface area contributed by atoms with Gasteiger partial charge in [0.1, 0.15) is 12.1 Å². The zero-order chi connectivity index (χ0) is 18.8. The number of benzene rings is 1. The Balaban J connectivity index is 2.19. The Morgan fingerprint density at radius 3 is 2.56 bits per heavy atom. The van der Waals surface area contributed by atoms with Crippen molar-refractivity contribution in [3.05, 3.63) is 67.0 Å². The third-order valence-electron chi connectivity index (χ3n) is 3.08. The maximum absolute atomic E-state index is 12.7. The van der Waals surface area contributed by atoms with Crippen LogP contribution in [-0.2, 0) is 17.5 Å². The Labute approximate surface area is 146 Å². The number of nitrogens with one attached hydrogen (secondary N) is 1. The molecule has 0 radical (unpaired) electrons. The Morgan fingerprint density at radius 2 is 2.00 bits per heavy atom. The Morgan fingerprint density at radius 1 is 1.32 bits per heavy atom. The molecule has 0 aliphatic heterocycles. The normalized spacial score (nSPS) is 11.2. The van der Waals surface area contributed by atoms with Gasteiger partial charge in [0.2, 0.25) is 5.91 Å². The Hall–Kier alpha value is -2.69. The molecule has 1 aromatic carbocycles. The van der Waals surface area contributed by atoms with E-state index in [4.69, 9.17) is 0 Å². The minimum absolute atomic E-state index is 0.177. The van der Waals surface area contributed by atoms with E-state index in [0.29, 0.717) is 10.6 Å². The Bertz CT molecular complexity index is 896. The maximum Gasteiger partial charge on any atom is 0.421 e. The van der Waals surface area contributed by atoms with Crippen molar-refractivity contribution in [2.24, 2.45) is 0 Å². The molecule has 0 aliphatic rings. The molecule has 1 heterocycles. The topological polar surface area (TPSA) is 94.2 Å². The van der Waals surface area contributed by atoms with Crippen molar-refractivity contribution in [1.29, 1.82) is 0 Å². The van der Waals surface area contributed by atoms with E-state index in [9.17, 15) is 32.9 Å². The largest absolute Gasteiger partial charge is 0.421 e. The van der Waals surface area contributed by atoms with Gasteiger partial charge in [-0.05, 0) is 34.1 Å². The molecule has 25 heavy (non-hydrogen) atoms. The number of hydrogen-bond acceptors (Lipinski definition) is 4. The van der Waals surface area contributed by atoms with Crippen molar-refractivity contribution in [3.63, 3.8) is 0 Å². The number of carbonyl (C=O) groups is 1. The van der Waals surface area contributed by atoms with Crippen LogP contribution in [-0.4, -0.2) is 15.4 Å². The van der Waals surface area contributed by atoms with Crippen LogP contribution in [0, 0.1) is 10.1 Å². The average molecular weight is 420 g/mol. The van der Waals surface area contributed by atoms with E-state index in [1.165, 1.54) is 6.07 Å². The second kappa shape index (κ2) is 7.05. The summed E-state index contributed by atoms with van der Waals surface area (Å²) in [4.78, 5) is 33.7. The van der Waals surface area contributed by atoms with Crippen LogP contribution in [0.25, 0.3) is 0 Å². The number of amides is 1. The highest BCUT2D eigenvalue weighted by Gasteiger charge is 2.34. The van der Waals surface area contributed by atoms with Gasteiger partial charge in [-0.15, -0.1) is 0 Å². The van der Waals surface area contributed by atoms with E-state index in [1.807, 2.05) is 0 Å². The number of pyridine rings is 1. The fourth-order valence-corrected chi connectivity index (χ4v) is 2.41. The van der Waals surface area contributed by atoms with E-state index in [1.54, 1.807) is 0 Å². The molecule has 2 aromatic rings. The SMILES string of the molecule is O=C(Cn1cccc(C(F)(F)F)c1=O)Nc1ccc([N+](=O)[O-])cc1Br. The number of rotatable bonds is 4. The van der Waals surface area contributed by atoms with E-state index < -0.39 is 34.7 Å². The minimum atomic E-state index is -4.82. The van der Waals surface area contributed by atoms with E-state index in [2.05, 4.69) is 21.2 Å². The van der Waals surface area contributed by atoms with Crippen LogP contribution in [0.15, 0.2) is 45.8 Å². The van der Waals surface area contributed by atoms with Crippen LogP contribution in [0.3, 0.4) is 0 Å². The van der Waals surface area contributed by atoms with Crippen molar-refractivity contribution >= 4 is 33.2 Å². The van der Waals surface area contributed by atoms with Crippen molar-refractivity contribution < 1.29 is 22.9 Å². The van der Waals surface area contributed by atoms with Gasteiger partial charge >= 0.3 is 6.18 Å². The number of anilines is 1. The lowest BCUT2D eigenvalue weighted by Crippen LogP contribution is -2.32. The van der Waals surface area contributed by atoms with Crippen molar-refractivity contribution in [2.45, 2.75) is 12.7 Å². The van der Waals surface area contributed by atoms with Crippen LogP contribution in [0.1, 0.15) is 5.56 Å². The smallest absolute Gasteiger partial charge is 0.323 e. The van der Waals surface area contributed by atoms with E-state index in [-0.39, 0.29) is 15.8 Å². The van der Waals surface area contributed by atoms with Gasteiger partial charge in [0.15, 0.2) is 0 Å². The molecule has 0 fully saturated rings. The maximum atomic E-state index is 12.7. The van der Waals surface area contributed by atoms with Crippen LogP contribution in [0.4, 0.5) is 24.5 Å². The second-order valence-electron chi connectivity index (χ2n) is 4.82. The number of nitro groups is 1. The molecule has 0 bridgehead atoms. The number of nitro benzene ring substituents is 1. The zero-order valence-electron chi connectivity index (χ0n) is 12.2. The number of alkyl halides is 3. The van der Waals surface area contributed by atoms with Crippen LogP contribution >= 0.6 is 15.9 Å². The van der Waals surface area contributed by atoms with Gasteiger partial charge in [-0.1, -0.05) is 0 Å². The van der Waals surface area contributed by atoms with Gasteiger partial charge in [-0.25, -0.2) is 0 Å². The van der Waals surface area contributed by atoms with Crippen molar-refractivity contribution in [3.8, 4) is 0 Å². The number of nitrogens with zero attached hydrogens (tertiary/aromatic N) is 2. The van der Waals surface area contributed by atoms with Crippen molar-refractivity contribution in [2.75, 3.05) is 5.32 Å². The van der Waals surface area contributed by atoms with Gasteiger partial charge in [0, 0.05) is 22.8 Å². The van der Waals surface area contributed by atoms with Gasteiger partial charge in [0.05, 0.1) is 10.6 Å². The minimum Gasteiger partial charge on any atom is -0.323 e. The molecule has 0 atom stereocenters. The van der Waals surface area contributed by atoms with Gasteiger partial charge in [-0.2, -0.15) is 13.2 Å². The lowest BCUT2D eigenvalue weighted by atomic mass is 10.2. The summed E-state index contributed by atoms with van der Waals surface area (Å²) >= 11 is 3.05. The lowest BCUT2D eigenvalue weighted by molar-refractivity contribution is -0.384. The first-order valence-corrected chi connectivity index (χ1v) is 7.39. The first-order valence-electron chi connectivity index (χ1n) is 6.60. The number of hydrogen-bond donors (Lipinski definition) is 1. The molecule has 11 heteroatoms. The predicted molar refractivity (Wildman–Crippen MR) is 85.1 cm³/mol. The zero-order valence-corrected chi connectivity index (χ0v) is 13.8. The fraction of sp³-hybridized carbons (Fsp3) is 0.143. The third kappa shape index (κ3) is 4.44. The van der Waals surface area contributed by atoms with E-state index >= 15 is 0 Å². The van der Waals surface area contributed by atoms with Gasteiger partial charge in [-0.3, -0.25) is 19.7 Å². The lowest BCUT2D eigenvalue weighted by Gasteiger charge is -2.11. The van der Waals surface area contributed by atoms with Crippen LogP contribution in [0.2, 0.25) is 0 Å². The molecule has 2 rings (SSSR count).